The van der Waals surface area contributed by atoms with Gasteiger partial charge in [0.15, 0.2) is 0 Å². The van der Waals surface area contributed by atoms with Gasteiger partial charge in [0.1, 0.15) is 0 Å². The molecule has 2 aliphatic rings. The summed E-state index contributed by atoms with van der Waals surface area (Å²) in [6.45, 7) is 6.18. The Hall–Kier alpha value is 0.0700. The van der Waals surface area contributed by atoms with E-state index in [1.165, 1.54) is 6.42 Å². The number of nitrogens with zero attached hydrogens (tertiary/aromatic N) is 1. The van der Waals surface area contributed by atoms with Crippen molar-refractivity contribution in [1.29, 1.82) is 0 Å². The number of hydrogen-bond acceptors (Lipinski definition) is 3. The Bertz CT molecular complexity index is 247. The van der Waals surface area contributed by atoms with Gasteiger partial charge in [-0.15, -0.1) is 12.4 Å². The van der Waals surface area contributed by atoms with Crippen LogP contribution in [0.25, 0.3) is 0 Å². The highest BCUT2D eigenvalue weighted by molar-refractivity contribution is 8.00. The zero-order valence-corrected chi connectivity index (χ0v) is 12.1. The molecule has 100 valence electrons. The van der Waals surface area contributed by atoms with Crippen LogP contribution in [-0.2, 0) is 4.79 Å². The zero-order valence-electron chi connectivity index (χ0n) is 10.5. The average Bonchev–Trinajstić information content (AvgIpc) is 2.39. The number of halogens is 1. The van der Waals surface area contributed by atoms with Gasteiger partial charge in [-0.2, -0.15) is 11.8 Å². The predicted molar refractivity (Wildman–Crippen MR) is 76.0 cm³/mol. The summed E-state index contributed by atoms with van der Waals surface area (Å²) in [5.41, 5.74) is 0. The van der Waals surface area contributed by atoms with Crippen molar-refractivity contribution >= 4 is 30.1 Å². The molecule has 2 heterocycles. The first kappa shape index (κ1) is 15.1. The number of piperidine rings is 1. The van der Waals surface area contributed by atoms with Gasteiger partial charge in [0.2, 0.25) is 5.91 Å². The second-order valence-electron chi connectivity index (χ2n) is 4.71. The number of nitrogens with one attached hydrogen (secondary N) is 1. The molecule has 2 aliphatic heterocycles. The van der Waals surface area contributed by atoms with E-state index in [4.69, 9.17) is 0 Å². The van der Waals surface area contributed by atoms with Crippen molar-refractivity contribution in [2.75, 3.05) is 31.9 Å². The molecule has 1 N–H and O–H groups in total. The summed E-state index contributed by atoms with van der Waals surface area (Å²) in [7, 11) is 0. The second kappa shape index (κ2) is 7.49. The van der Waals surface area contributed by atoms with Crippen molar-refractivity contribution in [3.05, 3.63) is 0 Å². The molecular weight excluding hydrogens is 256 g/mol. The third kappa shape index (κ3) is 4.04. The molecule has 17 heavy (non-hydrogen) atoms. The highest BCUT2D eigenvalue weighted by Gasteiger charge is 2.29. The lowest BCUT2D eigenvalue weighted by atomic mass is 9.96. The van der Waals surface area contributed by atoms with Crippen LogP contribution in [0.5, 0.6) is 0 Å². The van der Waals surface area contributed by atoms with Gasteiger partial charge in [0.25, 0.3) is 0 Å². The number of hydrogen-bond donors (Lipinski definition) is 1. The summed E-state index contributed by atoms with van der Waals surface area (Å²) in [4.78, 5) is 14.4. The smallest absolute Gasteiger partial charge is 0.225 e. The van der Waals surface area contributed by atoms with Crippen LogP contribution in [-0.4, -0.2) is 48.0 Å². The van der Waals surface area contributed by atoms with E-state index in [1.807, 2.05) is 11.8 Å². The Kier molecular flexibility index (Phi) is 6.67. The highest BCUT2D eigenvalue weighted by Crippen LogP contribution is 2.24. The molecule has 0 aromatic heterocycles. The van der Waals surface area contributed by atoms with Gasteiger partial charge in [0.05, 0.1) is 0 Å². The Morgan fingerprint density at radius 3 is 2.76 bits per heavy atom. The summed E-state index contributed by atoms with van der Waals surface area (Å²) in [6.07, 6.45) is 3.24. The van der Waals surface area contributed by atoms with Crippen LogP contribution < -0.4 is 5.32 Å². The van der Waals surface area contributed by atoms with E-state index in [-0.39, 0.29) is 12.4 Å². The van der Waals surface area contributed by atoms with Crippen LogP contribution in [0.3, 0.4) is 0 Å². The molecule has 0 radical (unpaired) electrons. The van der Waals surface area contributed by atoms with Gasteiger partial charge in [-0.05, 0) is 32.4 Å². The Labute approximate surface area is 114 Å². The molecule has 1 atom stereocenters. The van der Waals surface area contributed by atoms with Crippen molar-refractivity contribution in [3.8, 4) is 0 Å². The third-order valence-electron chi connectivity index (χ3n) is 3.59. The monoisotopic (exact) mass is 278 g/mol. The second-order valence-corrected chi connectivity index (χ2v) is 6.12. The van der Waals surface area contributed by atoms with Crippen LogP contribution in [0.1, 0.15) is 26.2 Å². The maximum Gasteiger partial charge on any atom is 0.225 e. The first-order chi connectivity index (χ1) is 7.81. The fourth-order valence-electron chi connectivity index (χ4n) is 2.49. The zero-order chi connectivity index (χ0) is 11.4. The van der Waals surface area contributed by atoms with E-state index in [2.05, 4.69) is 17.1 Å². The molecule has 0 saturated carbocycles. The molecule has 2 fully saturated rings. The molecule has 1 unspecified atom stereocenters. The summed E-state index contributed by atoms with van der Waals surface area (Å²) in [5.74, 6) is 1.83. The van der Waals surface area contributed by atoms with Gasteiger partial charge >= 0.3 is 0 Å². The highest BCUT2D eigenvalue weighted by atomic mass is 35.5. The summed E-state index contributed by atoms with van der Waals surface area (Å²) in [6, 6.07) is 0. The first-order valence-corrected chi connectivity index (χ1v) is 7.47. The maximum atomic E-state index is 12.3. The van der Waals surface area contributed by atoms with Crippen LogP contribution in [0.15, 0.2) is 0 Å². The lowest BCUT2D eigenvalue weighted by Crippen LogP contribution is -2.46. The molecule has 0 spiro atoms. The van der Waals surface area contributed by atoms with Crippen LogP contribution in [0.4, 0.5) is 0 Å². The first-order valence-electron chi connectivity index (χ1n) is 6.42. The molecule has 0 aromatic rings. The lowest BCUT2D eigenvalue weighted by Gasteiger charge is -2.35. The number of carbonyl (C=O) groups excluding carboxylic acids is 1. The van der Waals surface area contributed by atoms with Crippen LogP contribution in [0.2, 0.25) is 0 Å². The summed E-state index contributed by atoms with van der Waals surface area (Å²) < 4.78 is 0. The molecule has 3 nitrogen and oxygen atoms in total. The van der Waals surface area contributed by atoms with E-state index in [0.717, 1.165) is 44.8 Å². The fraction of sp³-hybridized carbons (Fsp3) is 0.917. The van der Waals surface area contributed by atoms with Crippen LogP contribution in [0, 0.1) is 5.92 Å². The van der Waals surface area contributed by atoms with Gasteiger partial charge < -0.3 is 10.2 Å². The number of rotatable bonds is 2. The van der Waals surface area contributed by atoms with Gasteiger partial charge in [-0.1, -0.05) is 6.92 Å². The number of thioether (sulfide) groups is 1. The average molecular weight is 279 g/mol. The standard InChI is InChI=1S/C12H22N2OS.ClH/c1-2-11-9-14(7-8-16-11)12(15)10-3-5-13-6-4-10;/h10-11,13H,2-9H2,1H3;1H. The minimum atomic E-state index is 0. The largest absolute Gasteiger partial charge is 0.341 e. The molecule has 0 aromatic carbocycles. The van der Waals surface area contributed by atoms with Crippen molar-refractivity contribution in [2.45, 2.75) is 31.4 Å². The Morgan fingerprint density at radius 1 is 1.41 bits per heavy atom. The molecule has 1 amide bonds. The van der Waals surface area contributed by atoms with E-state index in [0.29, 0.717) is 17.1 Å². The van der Waals surface area contributed by atoms with Gasteiger partial charge in [-0.25, -0.2) is 0 Å². The van der Waals surface area contributed by atoms with Crippen molar-refractivity contribution < 1.29 is 4.79 Å². The topological polar surface area (TPSA) is 32.3 Å². The molecular formula is C12H23ClN2OS. The minimum Gasteiger partial charge on any atom is -0.341 e. The van der Waals surface area contributed by atoms with E-state index in [1.54, 1.807) is 0 Å². The Morgan fingerprint density at radius 2 is 2.12 bits per heavy atom. The van der Waals surface area contributed by atoms with E-state index >= 15 is 0 Å². The molecule has 5 heteroatoms. The lowest BCUT2D eigenvalue weighted by molar-refractivity contribution is -0.136. The quantitative estimate of drug-likeness (QED) is 0.835. The van der Waals surface area contributed by atoms with E-state index < -0.39 is 0 Å². The minimum absolute atomic E-state index is 0. The molecule has 0 aliphatic carbocycles. The Balaban J connectivity index is 0.00000144. The maximum absolute atomic E-state index is 12.3. The number of carbonyl (C=O) groups is 1. The van der Waals surface area contributed by atoms with Gasteiger partial charge in [0, 0.05) is 30.0 Å². The van der Waals surface area contributed by atoms with Gasteiger partial charge in [-0.3, -0.25) is 4.79 Å². The number of amides is 1. The normalized spacial score (nSPS) is 26.4. The summed E-state index contributed by atoms with van der Waals surface area (Å²) >= 11 is 2.02. The fourth-order valence-corrected chi connectivity index (χ4v) is 3.67. The SMILES string of the molecule is CCC1CN(C(=O)C2CCNCC2)CCS1.Cl. The molecule has 2 rings (SSSR count). The van der Waals surface area contributed by atoms with Crippen LogP contribution >= 0.6 is 24.2 Å². The predicted octanol–water partition coefficient (Wildman–Crippen LogP) is 1.76. The van der Waals surface area contributed by atoms with Crippen molar-refractivity contribution in [3.63, 3.8) is 0 Å². The third-order valence-corrected chi connectivity index (χ3v) is 4.97. The molecule has 0 bridgehead atoms. The van der Waals surface area contributed by atoms with Crippen molar-refractivity contribution in [1.82, 2.24) is 10.2 Å². The summed E-state index contributed by atoms with van der Waals surface area (Å²) in [5, 5.41) is 3.98. The van der Waals surface area contributed by atoms with Crippen molar-refractivity contribution in [2.24, 2.45) is 5.92 Å². The molecule has 2 saturated heterocycles. The van der Waals surface area contributed by atoms with E-state index in [9.17, 15) is 4.79 Å².